The summed E-state index contributed by atoms with van der Waals surface area (Å²) in [6.07, 6.45) is 3.94. The summed E-state index contributed by atoms with van der Waals surface area (Å²) < 4.78 is 2.79. The second-order valence-electron chi connectivity index (χ2n) is 3.69. The van der Waals surface area contributed by atoms with Crippen molar-refractivity contribution in [1.29, 1.82) is 0 Å². The predicted octanol–water partition coefficient (Wildman–Crippen LogP) is 2.92. The van der Waals surface area contributed by atoms with Crippen LogP contribution in [-0.4, -0.2) is 27.1 Å². The van der Waals surface area contributed by atoms with Gasteiger partial charge < -0.3 is 0 Å². The van der Waals surface area contributed by atoms with Crippen LogP contribution in [0, 0.1) is 0 Å². The van der Waals surface area contributed by atoms with E-state index in [1.807, 2.05) is 16.4 Å². The number of carbonyl (C=O) groups excluding carboxylic acids is 1. The van der Waals surface area contributed by atoms with Gasteiger partial charge >= 0.3 is 0 Å². The minimum absolute atomic E-state index is 0.0679. The number of carbonyl (C=O) groups is 1. The van der Waals surface area contributed by atoms with Crippen LogP contribution in [-0.2, 0) is 0 Å². The summed E-state index contributed by atoms with van der Waals surface area (Å²) in [6.45, 7) is 1.57. The Morgan fingerprint density at radius 2 is 2.27 bits per heavy atom. The van der Waals surface area contributed by atoms with Gasteiger partial charge in [-0.15, -0.1) is 0 Å². The summed E-state index contributed by atoms with van der Waals surface area (Å²) in [5, 5.41) is 4.30. The molecule has 3 nitrogen and oxygen atoms in total. The number of nitrogens with zero attached hydrogens (tertiary/aromatic N) is 2. The van der Waals surface area contributed by atoms with Gasteiger partial charge in [0.15, 0.2) is 5.78 Å². The van der Waals surface area contributed by atoms with Gasteiger partial charge in [-0.25, -0.2) is 0 Å². The first-order valence-corrected chi connectivity index (χ1v) is 6.96. The Morgan fingerprint density at radius 3 is 2.80 bits per heavy atom. The Bertz CT molecular complexity index is 371. The predicted molar refractivity (Wildman–Crippen MR) is 65.5 cm³/mol. The van der Waals surface area contributed by atoms with Crippen molar-refractivity contribution in [1.82, 2.24) is 9.78 Å². The van der Waals surface area contributed by atoms with Gasteiger partial charge in [0.1, 0.15) is 4.60 Å². The number of thioether (sulfide) groups is 1. The SMILES string of the molecule is CC(=O)c1cnn(C2CCSCC2)c1Br. The van der Waals surface area contributed by atoms with Gasteiger partial charge in [0, 0.05) is 0 Å². The van der Waals surface area contributed by atoms with Crippen molar-refractivity contribution in [3.8, 4) is 0 Å². The molecular formula is C10H13BrN2OS. The highest BCUT2D eigenvalue weighted by molar-refractivity contribution is 9.10. The van der Waals surface area contributed by atoms with Crippen LogP contribution in [0.4, 0.5) is 0 Å². The lowest BCUT2D eigenvalue weighted by molar-refractivity contribution is 0.101. The second-order valence-corrected chi connectivity index (χ2v) is 5.67. The van der Waals surface area contributed by atoms with Gasteiger partial charge in [0.25, 0.3) is 0 Å². The van der Waals surface area contributed by atoms with Crippen LogP contribution in [0.1, 0.15) is 36.2 Å². The van der Waals surface area contributed by atoms with Crippen molar-refractivity contribution in [2.45, 2.75) is 25.8 Å². The molecule has 1 aliphatic rings. The van der Waals surface area contributed by atoms with E-state index in [0.717, 1.165) is 17.4 Å². The molecule has 0 radical (unpaired) electrons. The highest BCUT2D eigenvalue weighted by Gasteiger charge is 2.21. The van der Waals surface area contributed by atoms with E-state index in [1.165, 1.54) is 11.5 Å². The summed E-state index contributed by atoms with van der Waals surface area (Å²) in [4.78, 5) is 11.3. The largest absolute Gasteiger partial charge is 0.294 e. The highest BCUT2D eigenvalue weighted by atomic mass is 79.9. The van der Waals surface area contributed by atoms with E-state index in [-0.39, 0.29) is 5.78 Å². The van der Waals surface area contributed by atoms with E-state index in [2.05, 4.69) is 21.0 Å². The van der Waals surface area contributed by atoms with Crippen LogP contribution in [0.15, 0.2) is 10.8 Å². The van der Waals surface area contributed by atoms with E-state index < -0.39 is 0 Å². The van der Waals surface area contributed by atoms with E-state index in [4.69, 9.17) is 0 Å². The van der Waals surface area contributed by atoms with Crippen molar-refractivity contribution in [3.63, 3.8) is 0 Å². The number of aromatic nitrogens is 2. The van der Waals surface area contributed by atoms with Crippen LogP contribution in [0.2, 0.25) is 0 Å². The summed E-state index contributed by atoms with van der Waals surface area (Å²) in [5.74, 6) is 2.44. The molecule has 0 atom stereocenters. The van der Waals surface area contributed by atoms with Gasteiger partial charge in [-0.1, -0.05) is 0 Å². The second kappa shape index (κ2) is 4.70. The van der Waals surface area contributed by atoms with Crippen LogP contribution in [0.5, 0.6) is 0 Å². The average Bonchev–Trinajstić information content (AvgIpc) is 2.61. The molecule has 1 saturated heterocycles. The standard InChI is InChI=1S/C10H13BrN2OS/c1-7(14)9-6-12-13(10(9)11)8-2-4-15-5-3-8/h6,8H,2-5H2,1H3. The van der Waals surface area contributed by atoms with Gasteiger partial charge in [-0.05, 0) is 47.2 Å². The molecule has 2 heterocycles. The summed E-state index contributed by atoms with van der Waals surface area (Å²) in [7, 11) is 0. The Morgan fingerprint density at radius 1 is 1.60 bits per heavy atom. The molecule has 0 bridgehead atoms. The number of hydrogen-bond acceptors (Lipinski definition) is 3. The highest BCUT2D eigenvalue weighted by Crippen LogP contribution is 2.30. The first-order chi connectivity index (χ1) is 7.20. The van der Waals surface area contributed by atoms with Crippen molar-refractivity contribution in [2.24, 2.45) is 0 Å². The van der Waals surface area contributed by atoms with Crippen LogP contribution >= 0.6 is 27.7 Å². The third kappa shape index (κ3) is 2.28. The Labute approximate surface area is 102 Å². The maximum absolute atomic E-state index is 11.3. The minimum Gasteiger partial charge on any atom is -0.294 e. The molecule has 1 aromatic heterocycles. The number of Topliss-reactive ketones (excluding diaryl/α,β-unsaturated/α-hetero) is 1. The molecule has 1 aromatic rings. The normalized spacial score (nSPS) is 18.0. The lowest BCUT2D eigenvalue weighted by Crippen LogP contribution is -2.16. The molecule has 0 N–H and O–H groups in total. The molecule has 0 amide bonds. The fourth-order valence-corrected chi connectivity index (χ4v) is 3.61. The Hall–Kier alpha value is -0.290. The summed E-state index contributed by atoms with van der Waals surface area (Å²) >= 11 is 5.45. The lowest BCUT2D eigenvalue weighted by Gasteiger charge is -2.22. The molecule has 82 valence electrons. The van der Waals surface area contributed by atoms with Crippen molar-refractivity contribution >= 4 is 33.5 Å². The maximum atomic E-state index is 11.3. The van der Waals surface area contributed by atoms with Gasteiger partial charge in [-0.3, -0.25) is 9.48 Å². The molecular weight excluding hydrogens is 276 g/mol. The zero-order chi connectivity index (χ0) is 10.8. The topological polar surface area (TPSA) is 34.9 Å². The van der Waals surface area contributed by atoms with Crippen molar-refractivity contribution in [2.75, 3.05) is 11.5 Å². The number of hydrogen-bond donors (Lipinski definition) is 0. The average molecular weight is 289 g/mol. The van der Waals surface area contributed by atoms with E-state index in [9.17, 15) is 4.79 Å². The third-order valence-electron chi connectivity index (χ3n) is 2.65. The first-order valence-electron chi connectivity index (χ1n) is 5.02. The molecule has 0 saturated carbocycles. The molecule has 2 rings (SSSR count). The minimum atomic E-state index is 0.0679. The number of halogens is 1. The number of ketones is 1. The van der Waals surface area contributed by atoms with Crippen LogP contribution in [0.3, 0.4) is 0 Å². The number of rotatable bonds is 2. The Kier molecular flexibility index (Phi) is 3.51. The molecule has 0 aliphatic carbocycles. The monoisotopic (exact) mass is 288 g/mol. The fraction of sp³-hybridized carbons (Fsp3) is 0.600. The summed E-state index contributed by atoms with van der Waals surface area (Å²) in [6, 6.07) is 0.453. The third-order valence-corrected chi connectivity index (χ3v) is 4.49. The molecule has 0 spiro atoms. The fourth-order valence-electron chi connectivity index (χ4n) is 1.77. The Balaban J connectivity index is 2.24. The van der Waals surface area contributed by atoms with E-state index in [0.29, 0.717) is 11.6 Å². The van der Waals surface area contributed by atoms with E-state index >= 15 is 0 Å². The first kappa shape index (κ1) is 11.2. The quantitative estimate of drug-likeness (QED) is 0.785. The molecule has 1 fully saturated rings. The lowest BCUT2D eigenvalue weighted by atomic mass is 10.1. The zero-order valence-electron chi connectivity index (χ0n) is 8.57. The van der Waals surface area contributed by atoms with Gasteiger partial charge in [0.05, 0.1) is 17.8 Å². The van der Waals surface area contributed by atoms with Gasteiger partial charge in [0.2, 0.25) is 0 Å². The molecule has 1 aliphatic heterocycles. The summed E-state index contributed by atoms with van der Waals surface area (Å²) in [5.41, 5.74) is 0.688. The van der Waals surface area contributed by atoms with Crippen molar-refractivity contribution < 1.29 is 4.79 Å². The molecule has 5 heteroatoms. The molecule has 0 unspecified atom stereocenters. The zero-order valence-corrected chi connectivity index (χ0v) is 11.0. The van der Waals surface area contributed by atoms with Crippen LogP contribution in [0.25, 0.3) is 0 Å². The van der Waals surface area contributed by atoms with Gasteiger partial charge in [-0.2, -0.15) is 16.9 Å². The maximum Gasteiger partial charge on any atom is 0.164 e. The van der Waals surface area contributed by atoms with Crippen molar-refractivity contribution in [3.05, 3.63) is 16.4 Å². The van der Waals surface area contributed by atoms with Crippen LogP contribution < -0.4 is 0 Å². The molecule has 0 aromatic carbocycles. The smallest absolute Gasteiger partial charge is 0.164 e. The molecule has 15 heavy (non-hydrogen) atoms. The van der Waals surface area contributed by atoms with E-state index in [1.54, 1.807) is 13.1 Å².